The first-order valence-corrected chi connectivity index (χ1v) is 12.3. The number of halogens is 1. The summed E-state index contributed by atoms with van der Waals surface area (Å²) in [5, 5.41) is 6.66. The maximum Gasteiger partial charge on any atom is 0.240 e. The van der Waals surface area contributed by atoms with Gasteiger partial charge >= 0.3 is 0 Å². The molecular weight excluding hydrogens is 513 g/mol. The second kappa shape index (κ2) is 12.8. The molecule has 1 heterocycles. The van der Waals surface area contributed by atoms with Gasteiger partial charge in [-0.3, -0.25) is 4.99 Å². The van der Waals surface area contributed by atoms with Crippen LogP contribution in [0.3, 0.4) is 0 Å². The molecule has 0 radical (unpaired) electrons. The lowest BCUT2D eigenvalue weighted by molar-refractivity contribution is 0.282. The van der Waals surface area contributed by atoms with Gasteiger partial charge in [0.2, 0.25) is 10.0 Å². The molecule has 0 aromatic heterocycles. The molecule has 1 saturated heterocycles. The smallest absolute Gasteiger partial charge is 0.240 e. The quantitative estimate of drug-likeness (QED) is 0.191. The third-order valence-corrected chi connectivity index (χ3v) is 7.00. The number of benzene rings is 1. The molecule has 2 fully saturated rings. The summed E-state index contributed by atoms with van der Waals surface area (Å²) in [4.78, 5) is 7.17. The van der Waals surface area contributed by atoms with Crippen LogP contribution in [0.2, 0.25) is 0 Å². The highest BCUT2D eigenvalue weighted by Crippen LogP contribution is 2.22. The molecule has 0 unspecified atom stereocenters. The second-order valence-electron chi connectivity index (χ2n) is 8.00. The summed E-state index contributed by atoms with van der Waals surface area (Å²) in [7, 11) is -1.62. The third-order valence-electron chi connectivity index (χ3n) is 5.46. The number of hydrogen-bond donors (Lipinski definition) is 3. The summed E-state index contributed by atoms with van der Waals surface area (Å²) in [5.74, 6) is 0.771. The van der Waals surface area contributed by atoms with E-state index in [1.54, 1.807) is 19.2 Å². The standard InChI is InChI=1S/C21H35N5O2S.HI/c1-22-21(23-13-6-16-26-14-4-2-3-5-15-26)24-17-18-7-11-20(12-8-18)29(27,28)25-19-9-10-19;/h7-8,11-12,19,25H,2-6,9-10,13-17H2,1H3,(H2,22,23,24);1H. The lowest BCUT2D eigenvalue weighted by atomic mass is 10.2. The Balaban J connectivity index is 0.00000320. The van der Waals surface area contributed by atoms with Crippen LogP contribution in [0.25, 0.3) is 0 Å². The molecule has 1 aliphatic heterocycles. The van der Waals surface area contributed by atoms with Crippen molar-refractivity contribution in [1.29, 1.82) is 0 Å². The number of likely N-dealkylation sites (tertiary alicyclic amines) is 1. The Morgan fingerprint density at radius 1 is 1.07 bits per heavy atom. The van der Waals surface area contributed by atoms with Crippen LogP contribution < -0.4 is 15.4 Å². The van der Waals surface area contributed by atoms with Crippen molar-refractivity contribution in [2.45, 2.75) is 62.4 Å². The van der Waals surface area contributed by atoms with E-state index in [1.807, 2.05) is 12.1 Å². The first-order chi connectivity index (χ1) is 14.1. The van der Waals surface area contributed by atoms with E-state index in [4.69, 9.17) is 0 Å². The van der Waals surface area contributed by atoms with E-state index in [0.29, 0.717) is 11.4 Å². The number of sulfonamides is 1. The molecule has 0 amide bonds. The fourth-order valence-corrected chi connectivity index (χ4v) is 4.86. The zero-order chi connectivity index (χ0) is 20.5. The van der Waals surface area contributed by atoms with Crippen LogP contribution in [0, 0.1) is 0 Å². The predicted molar refractivity (Wildman–Crippen MR) is 133 cm³/mol. The summed E-state index contributed by atoms with van der Waals surface area (Å²) in [6.07, 6.45) is 8.36. The van der Waals surface area contributed by atoms with Gasteiger partial charge < -0.3 is 15.5 Å². The van der Waals surface area contributed by atoms with Crippen LogP contribution in [0.1, 0.15) is 50.5 Å². The van der Waals surface area contributed by atoms with Crippen molar-refractivity contribution in [2.75, 3.05) is 33.2 Å². The van der Waals surface area contributed by atoms with Crippen LogP contribution in [-0.2, 0) is 16.6 Å². The number of guanidine groups is 1. The number of aliphatic imine (C=N–C) groups is 1. The average molecular weight is 550 g/mol. The van der Waals surface area contributed by atoms with E-state index in [2.05, 4.69) is 25.2 Å². The monoisotopic (exact) mass is 549 g/mol. The van der Waals surface area contributed by atoms with E-state index in [-0.39, 0.29) is 30.0 Å². The maximum atomic E-state index is 12.2. The summed E-state index contributed by atoms with van der Waals surface area (Å²) < 4.78 is 27.2. The van der Waals surface area contributed by atoms with Gasteiger partial charge in [-0.2, -0.15) is 0 Å². The molecule has 3 rings (SSSR count). The average Bonchev–Trinajstić information content (AvgIpc) is 3.55. The van der Waals surface area contributed by atoms with Gasteiger partial charge in [-0.05, 0) is 69.4 Å². The fourth-order valence-electron chi connectivity index (χ4n) is 3.55. The summed E-state index contributed by atoms with van der Waals surface area (Å²) >= 11 is 0. The number of nitrogens with one attached hydrogen (secondary N) is 3. The van der Waals surface area contributed by atoms with E-state index in [0.717, 1.165) is 43.9 Å². The molecule has 1 aromatic carbocycles. The van der Waals surface area contributed by atoms with Crippen LogP contribution in [-0.4, -0.2) is 58.5 Å². The van der Waals surface area contributed by atoms with Crippen LogP contribution in [0.4, 0.5) is 0 Å². The molecule has 3 N–H and O–H groups in total. The van der Waals surface area contributed by atoms with E-state index in [9.17, 15) is 8.42 Å². The summed E-state index contributed by atoms with van der Waals surface area (Å²) in [5.41, 5.74) is 1.02. The van der Waals surface area contributed by atoms with Crippen molar-refractivity contribution >= 4 is 40.0 Å². The van der Waals surface area contributed by atoms with Gasteiger partial charge in [0.15, 0.2) is 5.96 Å². The Hall–Kier alpha value is -0.910. The minimum Gasteiger partial charge on any atom is -0.356 e. The molecule has 1 aromatic rings. The first kappa shape index (κ1) is 25.4. The molecule has 1 aliphatic carbocycles. The van der Waals surface area contributed by atoms with Gasteiger partial charge in [-0.1, -0.05) is 25.0 Å². The largest absolute Gasteiger partial charge is 0.356 e. The lowest BCUT2D eigenvalue weighted by Gasteiger charge is -2.20. The van der Waals surface area contributed by atoms with Gasteiger partial charge in [0.05, 0.1) is 4.90 Å². The van der Waals surface area contributed by atoms with Crippen LogP contribution >= 0.6 is 24.0 Å². The zero-order valence-electron chi connectivity index (χ0n) is 17.9. The molecule has 0 bridgehead atoms. The summed E-state index contributed by atoms with van der Waals surface area (Å²) in [6, 6.07) is 7.15. The van der Waals surface area contributed by atoms with Crippen molar-refractivity contribution < 1.29 is 8.42 Å². The van der Waals surface area contributed by atoms with Crippen molar-refractivity contribution in [1.82, 2.24) is 20.3 Å². The topological polar surface area (TPSA) is 85.8 Å². The van der Waals surface area contributed by atoms with Gasteiger partial charge in [-0.25, -0.2) is 13.1 Å². The Morgan fingerprint density at radius 2 is 1.73 bits per heavy atom. The van der Waals surface area contributed by atoms with Crippen molar-refractivity contribution in [3.8, 4) is 0 Å². The predicted octanol–water partition coefficient (Wildman–Crippen LogP) is 2.68. The molecule has 1 saturated carbocycles. The van der Waals surface area contributed by atoms with Crippen molar-refractivity contribution in [2.24, 2.45) is 4.99 Å². The van der Waals surface area contributed by atoms with Gasteiger partial charge in [-0.15, -0.1) is 24.0 Å². The number of hydrogen-bond acceptors (Lipinski definition) is 4. The van der Waals surface area contributed by atoms with E-state index >= 15 is 0 Å². The Kier molecular flexibility index (Phi) is 10.8. The third kappa shape index (κ3) is 8.68. The van der Waals surface area contributed by atoms with Gasteiger partial charge in [0.25, 0.3) is 0 Å². The second-order valence-corrected chi connectivity index (χ2v) is 9.72. The number of nitrogens with zero attached hydrogens (tertiary/aromatic N) is 2. The highest BCUT2D eigenvalue weighted by Gasteiger charge is 2.27. The molecule has 170 valence electrons. The highest BCUT2D eigenvalue weighted by molar-refractivity contribution is 14.0. The van der Waals surface area contributed by atoms with Crippen molar-refractivity contribution in [3.05, 3.63) is 29.8 Å². The SMILES string of the molecule is CN=C(NCCCN1CCCCCC1)NCc1ccc(S(=O)(=O)NC2CC2)cc1.I. The molecule has 7 nitrogen and oxygen atoms in total. The van der Waals surface area contributed by atoms with Gasteiger partial charge in [0, 0.05) is 26.2 Å². The van der Waals surface area contributed by atoms with Gasteiger partial charge in [0.1, 0.15) is 0 Å². The molecule has 30 heavy (non-hydrogen) atoms. The van der Waals surface area contributed by atoms with E-state index < -0.39 is 10.0 Å². The van der Waals surface area contributed by atoms with E-state index in [1.165, 1.54) is 38.8 Å². The lowest BCUT2D eigenvalue weighted by Crippen LogP contribution is -2.38. The molecule has 2 aliphatic rings. The molecule has 0 atom stereocenters. The maximum absolute atomic E-state index is 12.2. The molecular formula is C21H36IN5O2S. The fraction of sp³-hybridized carbons (Fsp3) is 0.667. The number of rotatable bonds is 9. The zero-order valence-corrected chi connectivity index (χ0v) is 21.0. The molecule has 0 spiro atoms. The Bertz CT molecular complexity index is 758. The van der Waals surface area contributed by atoms with Crippen LogP contribution in [0.15, 0.2) is 34.2 Å². The summed E-state index contributed by atoms with van der Waals surface area (Å²) in [6.45, 7) is 5.08. The Morgan fingerprint density at radius 3 is 2.33 bits per heavy atom. The highest BCUT2D eigenvalue weighted by atomic mass is 127. The Labute approximate surface area is 198 Å². The minimum atomic E-state index is -3.39. The van der Waals surface area contributed by atoms with Crippen LogP contribution in [0.5, 0.6) is 0 Å². The normalized spacial score (nSPS) is 18.4. The minimum absolute atomic E-state index is 0. The first-order valence-electron chi connectivity index (χ1n) is 10.8. The van der Waals surface area contributed by atoms with Crippen molar-refractivity contribution in [3.63, 3.8) is 0 Å². The molecule has 9 heteroatoms.